The molecule has 1 saturated carbocycles. The summed E-state index contributed by atoms with van der Waals surface area (Å²) < 4.78 is 48.5. The number of allylic oxidation sites excluding steroid dienone is 2. The van der Waals surface area contributed by atoms with Gasteiger partial charge in [-0.25, -0.2) is 4.39 Å². The van der Waals surface area contributed by atoms with Crippen molar-refractivity contribution in [3.05, 3.63) is 53.9 Å². The SMILES string of the molecule is C/C=C/C1CCC(C(F)(F)Oc2ccc3cc(CCC)c(F)cc3c2)CC1. The Hall–Kier alpha value is -1.97. The second-order valence-electron chi connectivity index (χ2n) is 7.50. The molecule has 3 rings (SSSR count). The number of fused-ring (bicyclic) bond motifs is 1. The Bertz CT molecular complexity index is 805. The molecule has 1 aliphatic carbocycles. The fraction of sp³-hybridized carbons (Fsp3) is 0.478. The minimum Gasteiger partial charge on any atom is -0.432 e. The second-order valence-corrected chi connectivity index (χ2v) is 7.50. The van der Waals surface area contributed by atoms with E-state index in [0.717, 1.165) is 24.6 Å². The van der Waals surface area contributed by atoms with Crippen molar-refractivity contribution in [1.29, 1.82) is 0 Å². The fourth-order valence-corrected chi connectivity index (χ4v) is 3.98. The summed E-state index contributed by atoms with van der Waals surface area (Å²) in [5.74, 6) is -0.595. The molecule has 146 valence electrons. The smallest absolute Gasteiger partial charge is 0.400 e. The van der Waals surface area contributed by atoms with Gasteiger partial charge in [0.2, 0.25) is 0 Å². The van der Waals surface area contributed by atoms with Crippen LogP contribution in [0.3, 0.4) is 0 Å². The zero-order valence-electron chi connectivity index (χ0n) is 16.0. The third-order valence-corrected chi connectivity index (χ3v) is 5.46. The van der Waals surface area contributed by atoms with Crippen LogP contribution in [0.5, 0.6) is 5.75 Å². The summed E-state index contributed by atoms with van der Waals surface area (Å²) in [5.41, 5.74) is 0.655. The first-order valence-corrected chi connectivity index (χ1v) is 9.84. The largest absolute Gasteiger partial charge is 0.432 e. The van der Waals surface area contributed by atoms with Crippen molar-refractivity contribution in [3.8, 4) is 5.75 Å². The van der Waals surface area contributed by atoms with Crippen LogP contribution in [-0.4, -0.2) is 6.11 Å². The molecule has 1 nitrogen and oxygen atoms in total. The Kier molecular flexibility index (Phi) is 6.13. The zero-order chi connectivity index (χ0) is 19.4. The van der Waals surface area contributed by atoms with Crippen LogP contribution in [0.2, 0.25) is 0 Å². The van der Waals surface area contributed by atoms with Gasteiger partial charge in [-0.1, -0.05) is 31.6 Å². The maximum atomic E-state index is 14.6. The predicted molar refractivity (Wildman–Crippen MR) is 104 cm³/mol. The van der Waals surface area contributed by atoms with Gasteiger partial charge >= 0.3 is 6.11 Å². The van der Waals surface area contributed by atoms with Crippen molar-refractivity contribution in [3.63, 3.8) is 0 Å². The highest BCUT2D eigenvalue weighted by atomic mass is 19.3. The van der Waals surface area contributed by atoms with Gasteiger partial charge < -0.3 is 4.74 Å². The minimum atomic E-state index is -3.21. The van der Waals surface area contributed by atoms with E-state index in [0.29, 0.717) is 36.1 Å². The van der Waals surface area contributed by atoms with Crippen LogP contribution < -0.4 is 4.74 Å². The van der Waals surface area contributed by atoms with Gasteiger partial charge in [0.1, 0.15) is 11.6 Å². The second kappa shape index (κ2) is 8.37. The Labute approximate surface area is 159 Å². The van der Waals surface area contributed by atoms with Crippen molar-refractivity contribution in [2.24, 2.45) is 11.8 Å². The number of ether oxygens (including phenoxy) is 1. The summed E-state index contributed by atoms with van der Waals surface area (Å²) in [6.07, 6.45) is 4.80. The number of alkyl halides is 2. The van der Waals surface area contributed by atoms with Gasteiger partial charge in [0.15, 0.2) is 0 Å². The van der Waals surface area contributed by atoms with Crippen LogP contribution in [0.1, 0.15) is 51.5 Å². The molecule has 0 aliphatic heterocycles. The molecule has 0 bridgehead atoms. The molecule has 1 fully saturated rings. The minimum absolute atomic E-state index is 0.0886. The van der Waals surface area contributed by atoms with E-state index >= 15 is 0 Å². The van der Waals surface area contributed by atoms with E-state index in [2.05, 4.69) is 6.08 Å². The van der Waals surface area contributed by atoms with Gasteiger partial charge in [-0.15, -0.1) is 0 Å². The molecular weight excluding hydrogens is 349 g/mol. The van der Waals surface area contributed by atoms with Crippen molar-refractivity contribution < 1.29 is 17.9 Å². The number of aryl methyl sites for hydroxylation is 1. The van der Waals surface area contributed by atoms with E-state index < -0.39 is 12.0 Å². The van der Waals surface area contributed by atoms with Crippen molar-refractivity contribution in [2.45, 2.75) is 58.5 Å². The lowest BCUT2D eigenvalue weighted by molar-refractivity contribution is -0.222. The molecule has 4 heteroatoms. The number of hydrogen-bond acceptors (Lipinski definition) is 1. The van der Waals surface area contributed by atoms with Gasteiger partial charge in [0.05, 0.1) is 5.92 Å². The Morgan fingerprint density at radius 1 is 1.07 bits per heavy atom. The quantitative estimate of drug-likeness (QED) is 0.481. The fourth-order valence-electron chi connectivity index (χ4n) is 3.98. The summed E-state index contributed by atoms with van der Waals surface area (Å²) in [4.78, 5) is 0. The molecule has 2 aromatic carbocycles. The molecule has 0 unspecified atom stereocenters. The van der Waals surface area contributed by atoms with Gasteiger partial charge in [-0.3, -0.25) is 0 Å². The van der Waals surface area contributed by atoms with E-state index in [1.54, 1.807) is 18.2 Å². The van der Waals surface area contributed by atoms with Gasteiger partial charge in [0.25, 0.3) is 0 Å². The summed E-state index contributed by atoms with van der Waals surface area (Å²) in [6.45, 7) is 3.95. The first-order chi connectivity index (χ1) is 12.9. The lowest BCUT2D eigenvalue weighted by Gasteiger charge is -2.32. The average molecular weight is 376 g/mol. The maximum Gasteiger partial charge on any atom is 0.400 e. The molecule has 0 N–H and O–H groups in total. The number of benzene rings is 2. The summed E-state index contributed by atoms with van der Waals surface area (Å²) >= 11 is 0. The van der Waals surface area contributed by atoms with Gasteiger partial charge in [-0.2, -0.15) is 8.78 Å². The monoisotopic (exact) mass is 376 g/mol. The summed E-state index contributed by atoms with van der Waals surface area (Å²) in [5, 5.41) is 1.42. The lowest BCUT2D eigenvalue weighted by Crippen LogP contribution is -2.37. The highest BCUT2D eigenvalue weighted by Gasteiger charge is 2.43. The van der Waals surface area contributed by atoms with Gasteiger partial charge in [0, 0.05) is 0 Å². The highest BCUT2D eigenvalue weighted by Crippen LogP contribution is 2.40. The molecule has 0 aromatic heterocycles. The van der Waals surface area contributed by atoms with E-state index in [-0.39, 0.29) is 11.6 Å². The molecule has 27 heavy (non-hydrogen) atoms. The summed E-state index contributed by atoms with van der Waals surface area (Å²) in [6, 6.07) is 7.98. The van der Waals surface area contributed by atoms with Crippen LogP contribution in [0.4, 0.5) is 13.2 Å². The van der Waals surface area contributed by atoms with E-state index in [1.807, 2.05) is 19.9 Å². The third-order valence-electron chi connectivity index (χ3n) is 5.46. The first-order valence-electron chi connectivity index (χ1n) is 9.84. The van der Waals surface area contributed by atoms with Crippen LogP contribution in [0.15, 0.2) is 42.5 Å². The maximum absolute atomic E-state index is 14.6. The van der Waals surface area contributed by atoms with Crippen LogP contribution in [0.25, 0.3) is 10.8 Å². The number of rotatable bonds is 6. The van der Waals surface area contributed by atoms with Gasteiger partial charge in [-0.05, 0) is 85.5 Å². The Morgan fingerprint density at radius 2 is 1.81 bits per heavy atom. The summed E-state index contributed by atoms with van der Waals surface area (Å²) in [7, 11) is 0. The van der Waals surface area contributed by atoms with E-state index in [4.69, 9.17) is 4.74 Å². The van der Waals surface area contributed by atoms with Crippen molar-refractivity contribution in [2.75, 3.05) is 0 Å². The average Bonchev–Trinajstić information content (AvgIpc) is 2.63. The molecule has 2 aromatic rings. The molecule has 1 aliphatic rings. The van der Waals surface area contributed by atoms with Crippen molar-refractivity contribution >= 4 is 10.8 Å². The normalized spacial score (nSPS) is 21.1. The molecular formula is C23H27F3O. The molecule has 0 radical (unpaired) electrons. The first kappa shape index (κ1) is 19.8. The predicted octanol–water partition coefficient (Wildman–Crippen LogP) is 7.29. The van der Waals surface area contributed by atoms with Crippen LogP contribution in [0, 0.1) is 17.7 Å². The molecule has 0 amide bonds. The number of hydrogen-bond donors (Lipinski definition) is 0. The standard InChI is InChI=1S/C23H27F3O/c1-3-5-16-7-10-20(11-8-16)23(25,26)27-21-12-9-17-13-18(6-4-2)22(24)15-19(17)14-21/h3,5,9,12-16,20H,4,6-8,10-11H2,1-2H3/b5-3+. The molecule has 0 spiro atoms. The molecule has 0 heterocycles. The van der Waals surface area contributed by atoms with Crippen molar-refractivity contribution in [1.82, 2.24) is 0 Å². The highest BCUT2D eigenvalue weighted by molar-refractivity contribution is 5.84. The van der Waals surface area contributed by atoms with Crippen LogP contribution in [-0.2, 0) is 6.42 Å². The molecule has 0 saturated heterocycles. The Morgan fingerprint density at radius 3 is 2.48 bits per heavy atom. The van der Waals surface area contributed by atoms with E-state index in [9.17, 15) is 13.2 Å². The number of halogens is 3. The molecule has 0 atom stereocenters. The topological polar surface area (TPSA) is 9.23 Å². The Balaban J connectivity index is 1.74. The van der Waals surface area contributed by atoms with Crippen LogP contribution >= 0.6 is 0 Å². The lowest BCUT2D eigenvalue weighted by atomic mass is 9.81. The zero-order valence-corrected chi connectivity index (χ0v) is 16.0. The third kappa shape index (κ3) is 4.66. The van der Waals surface area contributed by atoms with E-state index in [1.165, 1.54) is 12.1 Å².